The van der Waals surface area contributed by atoms with Gasteiger partial charge < -0.3 is 9.64 Å². The van der Waals surface area contributed by atoms with Gasteiger partial charge in [-0.1, -0.05) is 12.1 Å². The van der Waals surface area contributed by atoms with E-state index in [1.165, 1.54) is 19.2 Å². The molecule has 3 aromatic carbocycles. The molecule has 3 aromatic rings. The Morgan fingerprint density at radius 2 is 1.74 bits per heavy atom. The molecule has 0 spiro atoms. The highest BCUT2D eigenvalue weighted by molar-refractivity contribution is 7.92. The van der Waals surface area contributed by atoms with E-state index in [4.69, 9.17) is 4.74 Å². The normalized spacial score (nSPS) is 18.1. The van der Waals surface area contributed by atoms with Gasteiger partial charge in [-0.05, 0) is 53.6 Å². The molecular weight excluding hydrogens is 541 g/mol. The predicted octanol–water partition coefficient (Wildman–Crippen LogP) is 5.19. The first-order valence-electron chi connectivity index (χ1n) is 12.3. The maximum Gasteiger partial charge on any atom is 0.416 e. The molecule has 2 heterocycles. The number of hydrogen-bond acceptors (Lipinski definition) is 5. The van der Waals surface area contributed by atoms with Gasteiger partial charge in [0.15, 0.2) is 0 Å². The Labute approximate surface area is 223 Å². The van der Waals surface area contributed by atoms with Gasteiger partial charge in [0.1, 0.15) is 18.2 Å². The van der Waals surface area contributed by atoms with E-state index in [0.29, 0.717) is 42.5 Å². The highest BCUT2D eigenvalue weighted by atomic mass is 32.2. The van der Waals surface area contributed by atoms with Gasteiger partial charge in [-0.25, -0.2) is 17.2 Å². The third-order valence-corrected chi connectivity index (χ3v) is 8.86. The van der Waals surface area contributed by atoms with Crippen molar-refractivity contribution in [2.24, 2.45) is 0 Å². The lowest BCUT2D eigenvalue weighted by molar-refractivity contribution is -0.137. The number of benzene rings is 3. The number of piperazine rings is 1. The van der Waals surface area contributed by atoms with Crippen LogP contribution >= 0.6 is 0 Å². The first-order chi connectivity index (χ1) is 18.5. The standard InChI is InChI=1S/C27H26F5N3O3S/c1-38-23-12-19(11-21(29)15-23)18-5-6-25-26(13-18)35(17-22-16-33(8-7-28)9-10-34(22)25)39(36,37)24-4-2-3-20(14-24)27(30,31)32/h2-6,11-15,22H,7-10,16-17H2,1H3. The number of anilines is 2. The lowest BCUT2D eigenvalue weighted by Gasteiger charge is -2.49. The highest BCUT2D eigenvalue weighted by Crippen LogP contribution is 2.43. The van der Waals surface area contributed by atoms with Crippen molar-refractivity contribution in [3.63, 3.8) is 0 Å². The van der Waals surface area contributed by atoms with E-state index in [-0.39, 0.29) is 30.6 Å². The molecular formula is C27H26F5N3O3S. The van der Waals surface area contributed by atoms with E-state index < -0.39 is 39.2 Å². The Hall–Kier alpha value is -3.38. The van der Waals surface area contributed by atoms with Crippen LogP contribution in [0.5, 0.6) is 5.75 Å². The Balaban J connectivity index is 1.63. The van der Waals surface area contributed by atoms with E-state index >= 15 is 0 Å². The summed E-state index contributed by atoms with van der Waals surface area (Å²) in [6, 6.07) is 12.5. The molecule has 39 heavy (non-hydrogen) atoms. The minimum absolute atomic E-state index is 0.0513. The number of rotatable bonds is 6. The van der Waals surface area contributed by atoms with Gasteiger partial charge >= 0.3 is 6.18 Å². The fourth-order valence-corrected chi connectivity index (χ4v) is 6.74. The number of ether oxygens (including phenoxy) is 1. The lowest BCUT2D eigenvalue weighted by Crippen LogP contribution is -2.60. The Morgan fingerprint density at radius 3 is 2.46 bits per heavy atom. The third kappa shape index (κ3) is 5.27. The maximum atomic E-state index is 14.3. The average molecular weight is 568 g/mol. The smallest absolute Gasteiger partial charge is 0.416 e. The molecule has 0 amide bonds. The molecule has 1 atom stereocenters. The topological polar surface area (TPSA) is 53.1 Å². The summed E-state index contributed by atoms with van der Waals surface area (Å²) in [6.45, 7) is 1.09. The Kier molecular flexibility index (Phi) is 7.19. The number of sulfonamides is 1. The van der Waals surface area contributed by atoms with Crippen LogP contribution in [0.4, 0.5) is 33.3 Å². The van der Waals surface area contributed by atoms with E-state index in [0.717, 1.165) is 22.5 Å². The van der Waals surface area contributed by atoms with Crippen molar-refractivity contribution >= 4 is 21.4 Å². The van der Waals surface area contributed by atoms with Crippen molar-refractivity contribution in [1.82, 2.24) is 4.90 Å². The zero-order chi connectivity index (χ0) is 27.9. The highest BCUT2D eigenvalue weighted by Gasteiger charge is 2.41. The zero-order valence-corrected chi connectivity index (χ0v) is 21.8. The van der Waals surface area contributed by atoms with Crippen molar-refractivity contribution in [3.05, 3.63) is 72.0 Å². The molecule has 12 heteroatoms. The number of methoxy groups -OCH3 is 1. The molecule has 2 aliphatic rings. The van der Waals surface area contributed by atoms with Gasteiger partial charge in [-0.15, -0.1) is 0 Å². The van der Waals surface area contributed by atoms with Crippen LogP contribution in [0, 0.1) is 5.82 Å². The van der Waals surface area contributed by atoms with E-state index in [1.54, 1.807) is 24.3 Å². The largest absolute Gasteiger partial charge is 0.497 e. The van der Waals surface area contributed by atoms with E-state index in [2.05, 4.69) is 0 Å². The monoisotopic (exact) mass is 567 g/mol. The minimum atomic E-state index is -4.72. The molecule has 0 radical (unpaired) electrons. The van der Waals surface area contributed by atoms with Crippen molar-refractivity contribution in [1.29, 1.82) is 0 Å². The second-order valence-corrected chi connectivity index (χ2v) is 11.3. The Bertz CT molecular complexity index is 1480. The van der Waals surface area contributed by atoms with Gasteiger partial charge in [0.2, 0.25) is 0 Å². The molecule has 1 fully saturated rings. The van der Waals surface area contributed by atoms with Crippen LogP contribution in [0.25, 0.3) is 11.1 Å². The molecule has 1 unspecified atom stereocenters. The molecule has 1 saturated heterocycles. The lowest BCUT2D eigenvalue weighted by atomic mass is 10.00. The first kappa shape index (κ1) is 27.2. The second kappa shape index (κ2) is 10.3. The Morgan fingerprint density at radius 1 is 0.949 bits per heavy atom. The SMILES string of the molecule is COc1cc(F)cc(-c2ccc3c(c2)N(S(=O)(=O)c2cccc(C(F)(F)F)c2)CC2CN(CCF)CCN32)c1. The van der Waals surface area contributed by atoms with Crippen LogP contribution in [0.2, 0.25) is 0 Å². The number of alkyl halides is 4. The molecule has 208 valence electrons. The minimum Gasteiger partial charge on any atom is -0.497 e. The fourth-order valence-electron chi connectivity index (χ4n) is 5.19. The van der Waals surface area contributed by atoms with Gasteiger partial charge in [0, 0.05) is 32.2 Å². The van der Waals surface area contributed by atoms with Gasteiger partial charge in [0.25, 0.3) is 10.0 Å². The summed E-state index contributed by atoms with van der Waals surface area (Å²) in [5.74, 6) is -0.264. The molecule has 0 bridgehead atoms. The quantitative estimate of drug-likeness (QED) is 0.384. The summed E-state index contributed by atoms with van der Waals surface area (Å²) in [4.78, 5) is 3.44. The van der Waals surface area contributed by atoms with E-state index in [9.17, 15) is 30.4 Å². The number of hydrogen-bond donors (Lipinski definition) is 0. The summed E-state index contributed by atoms with van der Waals surface area (Å²) in [5, 5.41) is 0. The van der Waals surface area contributed by atoms with Crippen LogP contribution in [-0.4, -0.2) is 65.9 Å². The summed E-state index contributed by atoms with van der Waals surface area (Å²) >= 11 is 0. The van der Waals surface area contributed by atoms with Crippen molar-refractivity contribution in [2.75, 3.05) is 55.7 Å². The zero-order valence-electron chi connectivity index (χ0n) is 21.0. The summed E-state index contributed by atoms with van der Waals surface area (Å²) in [5.41, 5.74) is 0.721. The number of fused-ring (bicyclic) bond motifs is 3. The number of halogens is 5. The summed E-state index contributed by atoms with van der Waals surface area (Å²) in [7, 11) is -3.04. The van der Waals surface area contributed by atoms with Crippen molar-refractivity contribution in [2.45, 2.75) is 17.1 Å². The molecule has 2 aliphatic heterocycles. The van der Waals surface area contributed by atoms with Crippen LogP contribution in [0.3, 0.4) is 0 Å². The van der Waals surface area contributed by atoms with Gasteiger partial charge in [-0.2, -0.15) is 13.2 Å². The van der Waals surface area contributed by atoms with E-state index in [1.807, 2.05) is 9.80 Å². The third-order valence-electron chi connectivity index (χ3n) is 7.09. The molecule has 0 aliphatic carbocycles. The van der Waals surface area contributed by atoms with Crippen molar-refractivity contribution < 1.29 is 35.1 Å². The van der Waals surface area contributed by atoms with Crippen LogP contribution in [0.15, 0.2) is 65.6 Å². The molecule has 0 N–H and O–H groups in total. The van der Waals surface area contributed by atoms with Gasteiger partial charge in [-0.3, -0.25) is 9.21 Å². The second-order valence-electron chi connectivity index (χ2n) is 9.48. The number of nitrogens with zero attached hydrogens (tertiary/aromatic N) is 3. The molecule has 0 aromatic heterocycles. The first-order valence-corrected chi connectivity index (χ1v) is 13.7. The van der Waals surface area contributed by atoms with Crippen molar-refractivity contribution in [3.8, 4) is 16.9 Å². The average Bonchev–Trinajstić information content (AvgIpc) is 2.91. The molecule has 5 rings (SSSR count). The maximum absolute atomic E-state index is 14.3. The molecule has 6 nitrogen and oxygen atoms in total. The fraction of sp³-hybridized carbons (Fsp3) is 0.333. The van der Waals surface area contributed by atoms with Crippen LogP contribution in [0.1, 0.15) is 5.56 Å². The predicted molar refractivity (Wildman–Crippen MR) is 138 cm³/mol. The van der Waals surface area contributed by atoms with Gasteiger partial charge in [0.05, 0.1) is 41.5 Å². The molecule has 0 saturated carbocycles. The van der Waals surface area contributed by atoms with Crippen LogP contribution in [-0.2, 0) is 16.2 Å². The summed E-state index contributed by atoms with van der Waals surface area (Å²) in [6.07, 6.45) is -4.72. The summed E-state index contributed by atoms with van der Waals surface area (Å²) < 4.78 is 102. The van der Waals surface area contributed by atoms with Crippen LogP contribution < -0.4 is 13.9 Å².